The maximum Gasteiger partial charge on any atom is 0.0371 e. The lowest BCUT2D eigenvalue weighted by Gasteiger charge is -2.18. The van der Waals surface area contributed by atoms with Crippen molar-refractivity contribution in [3.63, 3.8) is 0 Å². The highest BCUT2D eigenvalue weighted by Gasteiger charge is 2.08. The molecule has 1 heteroatoms. The summed E-state index contributed by atoms with van der Waals surface area (Å²) in [4.78, 5) is 0. The first-order chi connectivity index (χ1) is 5.97. The van der Waals surface area contributed by atoms with Crippen LogP contribution in [0.3, 0.4) is 0 Å². The lowest BCUT2D eigenvalue weighted by Crippen LogP contribution is -2.17. The Kier molecular flexibility index (Phi) is 2.31. The van der Waals surface area contributed by atoms with Gasteiger partial charge in [-0.25, -0.2) is 0 Å². The number of dihydropyridines is 1. The second-order valence-corrected chi connectivity index (χ2v) is 3.36. The predicted molar refractivity (Wildman–Crippen MR) is 51.8 cm³/mol. The molecule has 0 spiro atoms. The first-order valence-electron chi connectivity index (χ1n) is 4.77. The lowest BCUT2D eigenvalue weighted by molar-refractivity contribution is 0.692. The molecule has 1 aliphatic carbocycles. The molecule has 0 atom stereocenters. The van der Waals surface area contributed by atoms with Crippen LogP contribution in [0.4, 0.5) is 0 Å². The minimum Gasteiger partial charge on any atom is -0.381 e. The van der Waals surface area contributed by atoms with Gasteiger partial charge in [-0.2, -0.15) is 0 Å². The van der Waals surface area contributed by atoms with Crippen LogP contribution in [0.15, 0.2) is 35.6 Å². The molecule has 0 unspecified atom stereocenters. The van der Waals surface area contributed by atoms with Gasteiger partial charge in [-0.3, -0.25) is 0 Å². The Morgan fingerprint density at radius 3 is 2.92 bits per heavy atom. The van der Waals surface area contributed by atoms with Crippen LogP contribution in [0, 0.1) is 0 Å². The Morgan fingerprint density at radius 2 is 2.25 bits per heavy atom. The fourth-order valence-electron chi connectivity index (χ4n) is 1.76. The van der Waals surface area contributed by atoms with Crippen molar-refractivity contribution in [1.29, 1.82) is 0 Å². The molecule has 0 bridgehead atoms. The molecule has 2 rings (SSSR count). The summed E-state index contributed by atoms with van der Waals surface area (Å²) < 4.78 is 0. The summed E-state index contributed by atoms with van der Waals surface area (Å²) in [7, 11) is 0. The minimum absolute atomic E-state index is 0.989. The fraction of sp³-hybridized carbons (Fsp3) is 0.455. The van der Waals surface area contributed by atoms with Gasteiger partial charge in [0.1, 0.15) is 0 Å². The zero-order chi connectivity index (χ0) is 8.23. The third-order valence-corrected chi connectivity index (χ3v) is 2.45. The molecule has 1 aliphatic heterocycles. The molecule has 0 aromatic carbocycles. The van der Waals surface area contributed by atoms with E-state index in [9.17, 15) is 0 Å². The Morgan fingerprint density at radius 1 is 1.25 bits per heavy atom. The van der Waals surface area contributed by atoms with Gasteiger partial charge in [-0.15, -0.1) is 0 Å². The van der Waals surface area contributed by atoms with Crippen molar-refractivity contribution in [2.75, 3.05) is 6.54 Å². The number of rotatable bonds is 1. The number of hydrogen-bond acceptors (Lipinski definition) is 1. The van der Waals surface area contributed by atoms with E-state index >= 15 is 0 Å². The smallest absolute Gasteiger partial charge is 0.0371 e. The van der Waals surface area contributed by atoms with Crippen molar-refractivity contribution >= 4 is 0 Å². The van der Waals surface area contributed by atoms with E-state index in [1.807, 2.05) is 0 Å². The second-order valence-electron chi connectivity index (χ2n) is 3.36. The van der Waals surface area contributed by atoms with Crippen molar-refractivity contribution in [2.45, 2.75) is 25.7 Å². The van der Waals surface area contributed by atoms with Crippen molar-refractivity contribution < 1.29 is 0 Å². The monoisotopic (exact) mass is 161 g/mol. The highest BCUT2D eigenvalue weighted by molar-refractivity contribution is 5.35. The van der Waals surface area contributed by atoms with Crippen molar-refractivity contribution in [3.8, 4) is 0 Å². The van der Waals surface area contributed by atoms with Crippen molar-refractivity contribution in [1.82, 2.24) is 5.32 Å². The Labute approximate surface area is 73.9 Å². The normalized spacial score (nSPS) is 22.7. The summed E-state index contributed by atoms with van der Waals surface area (Å²) in [5, 5.41) is 3.39. The molecule has 2 aliphatic rings. The third kappa shape index (κ3) is 1.60. The van der Waals surface area contributed by atoms with E-state index < -0.39 is 0 Å². The third-order valence-electron chi connectivity index (χ3n) is 2.45. The van der Waals surface area contributed by atoms with E-state index in [0.717, 1.165) is 6.54 Å². The predicted octanol–water partition coefficient (Wildman–Crippen LogP) is 2.53. The second kappa shape index (κ2) is 3.61. The molecule has 12 heavy (non-hydrogen) atoms. The van der Waals surface area contributed by atoms with E-state index in [2.05, 4.69) is 29.6 Å². The van der Waals surface area contributed by atoms with Gasteiger partial charge in [-0.05, 0) is 37.3 Å². The summed E-state index contributed by atoms with van der Waals surface area (Å²) in [6.45, 7) is 0.989. The Bertz CT molecular complexity index is 246. The van der Waals surface area contributed by atoms with Gasteiger partial charge in [0.15, 0.2) is 0 Å². The minimum atomic E-state index is 0.989. The van der Waals surface area contributed by atoms with Crippen LogP contribution in [0.1, 0.15) is 25.7 Å². The SMILES string of the molecule is C1=CCNC(C2=CCCCC2)=C1. The molecule has 1 heterocycles. The molecule has 0 saturated heterocycles. The number of hydrogen-bond donors (Lipinski definition) is 1. The summed E-state index contributed by atoms with van der Waals surface area (Å²) in [5.41, 5.74) is 2.86. The van der Waals surface area contributed by atoms with Crippen molar-refractivity contribution in [2.24, 2.45) is 0 Å². The topological polar surface area (TPSA) is 12.0 Å². The van der Waals surface area contributed by atoms with Crippen molar-refractivity contribution in [3.05, 3.63) is 35.6 Å². The van der Waals surface area contributed by atoms with E-state index in [4.69, 9.17) is 0 Å². The number of allylic oxidation sites excluding steroid dienone is 4. The largest absolute Gasteiger partial charge is 0.381 e. The van der Waals surface area contributed by atoms with E-state index in [1.165, 1.54) is 37.0 Å². The van der Waals surface area contributed by atoms with Gasteiger partial charge in [0, 0.05) is 12.2 Å². The Balaban J connectivity index is 2.11. The van der Waals surface area contributed by atoms with Gasteiger partial charge in [0.2, 0.25) is 0 Å². The van der Waals surface area contributed by atoms with Crippen LogP contribution < -0.4 is 5.32 Å². The van der Waals surface area contributed by atoms with Gasteiger partial charge in [0.25, 0.3) is 0 Å². The molecule has 0 amide bonds. The molecule has 0 aromatic heterocycles. The summed E-state index contributed by atoms with van der Waals surface area (Å²) >= 11 is 0. The van der Waals surface area contributed by atoms with Crippen LogP contribution in [-0.4, -0.2) is 6.54 Å². The number of nitrogens with one attached hydrogen (secondary N) is 1. The summed E-state index contributed by atoms with van der Waals surface area (Å²) in [5.74, 6) is 0. The van der Waals surface area contributed by atoms with Crippen LogP contribution in [0.2, 0.25) is 0 Å². The molecule has 1 nitrogen and oxygen atoms in total. The van der Waals surface area contributed by atoms with Gasteiger partial charge in [0.05, 0.1) is 0 Å². The highest BCUT2D eigenvalue weighted by atomic mass is 14.9. The zero-order valence-corrected chi connectivity index (χ0v) is 7.34. The maximum absolute atomic E-state index is 3.39. The standard InChI is InChI=1S/C11H15N/c1-2-6-10(7-3-1)11-8-4-5-9-12-11/h4-6,8,12H,1-3,7,9H2. The molecular weight excluding hydrogens is 146 g/mol. The van der Waals surface area contributed by atoms with Gasteiger partial charge < -0.3 is 5.32 Å². The zero-order valence-electron chi connectivity index (χ0n) is 7.34. The first-order valence-corrected chi connectivity index (χ1v) is 4.77. The van der Waals surface area contributed by atoms with E-state index in [1.54, 1.807) is 0 Å². The fourth-order valence-corrected chi connectivity index (χ4v) is 1.76. The molecule has 0 saturated carbocycles. The van der Waals surface area contributed by atoms with Gasteiger partial charge in [-0.1, -0.05) is 18.2 Å². The first kappa shape index (κ1) is 7.66. The summed E-state index contributed by atoms with van der Waals surface area (Å²) in [6.07, 6.45) is 14.1. The highest BCUT2D eigenvalue weighted by Crippen LogP contribution is 2.22. The molecule has 0 aromatic rings. The maximum atomic E-state index is 3.39. The van der Waals surface area contributed by atoms with E-state index in [-0.39, 0.29) is 0 Å². The molecule has 0 radical (unpaired) electrons. The average Bonchev–Trinajstić information content (AvgIpc) is 2.21. The quantitative estimate of drug-likeness (QED) is 0.623. The average molecular weight is 161 g/mol. The van der Waals surface area contributed by atoms with Crippen LogP contribution in [-0.2, 0) is 0 Å². The lowest BCUT2D eigenvalue weighted by atomic mass is 9.96. The van der Waals surface area contributed by atoms with Crippen LogP contribution in [0.25, 0.3) is 0 Å². The molecular formula is C11H15N. The summed E-state index contributed by atoms with van der Waals surface area (Å²) in [6, 6.07) is 0. The Hall–Kier alpha value is -0.980. The van der Waals surface area contributed by atoms with Crippen LogP contribution >= 0.6 is 0 Å². The molecule has 64 valence electrons. The molecule has 0 fully saturated rings. The van der Waals surface area contributed by atoms with Crippen LogP contribution in [0.5, 0.6) is 0 Å². The van der Waals surface area contributed by atoms with E-state index in [0.29, 0.717) is 0 Å². The van der Waals surface area contributed by atoms with Gasteiger partial charge >= 0.3 is 0 Å². The molecule has 1 N–H and O–H groups in total.